The van der Waals surface area contributed by atoms with Gasteiger partial charge in [0, 0.05) is 13.2 Å². The molecule has 0 saturated heterocycles. The third kappa shape index (κ3) is 4.12. The Morgan fingerprint density at radius 2 is 1.30 bits per heavy atom. The quantitative estimate of drug-likeness (QED) is 0.259. The number of aryl methyl sites for hydroxylation is 1. The summed E-state index contributed by atoms with van der Waals surface area (Å²) in [6.45, 7) is 2.20. The lowest BCUT2D eigenvalue weighted by Gasteiger charge is -2.09. The van der Waals surface area contributed by atoms with E-state index in [0.29, 0.717) is 0 Å². The molecular formula is C20H17I2S+. The third-order valence-electron chi connectivity index (χ3n) is 3.67. The fourth-order valence-electron chi connectivity index (χ4n) is 2.43. The van der Waals surface area contributed by atoms with Crippen molar-refractivity contribution in [1.82, 2.24) is 0 Å². The summed E-state index contributed by atoms with van der Waals surface area (Å²) in [7, 11) is -0.0516. The molecule has 0 N–H and O–H groups in total. The second kappa shape index (κ2) is 8.03. The van der Waals surface area contributed by atoms with Gasteiger partial charge in [0.05, 0.1) is 10.9 Å². The van der Waals surface area contributed by atoms with E-state index in [1.54, 1.807) is 0 Å². The predicted octanol–water partition coefficient (Wildman–Crippen LogP) is 6.55. The maximum atomic E-state index is 2.43. The molecule has 0 aliphatic heterocycles. The van der Waals surface area contributed by atoms with Gasteiger partial charge in [0.25, 0.3) is 0 Å². The molecule has 1 atom stereocenters. The predicted molar refractivity (Wildman–Crippen MR) is 116 cm³/mol. The lowest BCUT2D eigenvalue weighted by molar-refractivity contribution is 1.13. The Morgan fingerprint density at radius 3 is 1.91 bits per heavy atom. The summed E-state index contributed by atoms with van der Waals surface area (Å²) >= 11 is 4.83. The Labute approximate surface area is 168 Å². The molecule has 23 heavy (non-hydrogen) atoms. The van der Waals surface area contributed by atoms with Crippen LogP contribution in [-0.4, -0.2) is 0 Å². The highest BCUT2D eigenvalue weighted by atomic mass is 127. The van der Waals surface area contributed by atoms with E-state index in [-0.39, 0.29) is 10.9 Å². The standard InChI is InChI=1S/C20H17I2S/c1-2-15-8-10-17(11-9-15)23(16-6-4-3-5-7-16)18-12-13-19(21)20(22)14-18/h3-14H,2H2,1H3/q+1. The molecular weight excluding hydrogens is 526 g/mol. The van der Waals surface area contributed by atoms with Crippen molar-refractivity contribution < 1.29 is 0 Å². The lowest BCUT2D eigenvalue weighted by atomic mass is 10.2. The smallest absolute Gasteiger partial charge is 0.0619 e. The minimum atomic E-state index is -0.0516. The summed E-state index contributed by atoms with van der Waals surface area (Å²) in [4.78, 5) is 4.13. The van der Waals surface area contributed by atoms with Crippen LogP contribution < -0.4 is 0 Å². The third-order valence-corrected chi connectivity index (χ3v) is 8.75. The molecule has 3 heteroatoms. The van der Waals surface area contributed by atoms with Gasteiger partial charge in [-0.15, -0.1) is 0 Å². The van der Waals surface area contributed by atoms with Crippen LogP contribution in [0.15, 0.2) is 87.5 Å². The van der Waals surface area contributed by atoms with Crippen molar-refractivity contribution in [3.05, 3.63) is 85.5 Å². The molecule has 0 fully saturated rings. The molecule has 0 nitrogen and oxygen atoms in total. The summed E-state index contributed by atoms with van der Waals surface area (Å²) < 4.78 is 2.63. The molecule has 0 amide bonds. The maximum absolute atomic E-state index is 2.43. The van der Waals surface area contributed by atoms with Crippen LogP contribution in [0.3, 0.4) is 0 Å². The summed E-state index contributed by atoms with van der Waals surface area (Å²) in [5.41, 5.74) is 1.39. The fourth-order valence-corrected chi connectivity index (χ4v) is 5.59. The van der Waals surface area contributed by atoms with Crippen molar-refractivity contribution in [2.45, 2.75) is 28.0 Å². The second-order valence-electron chi connectivity index (χ2n) is 5.19. The molecule has 3 rings (SSSR count). The number of benzene rings is 3. The SMILES string of the molecule is CCc1ccc([S+](c2ccccc2)c2ccc(I)c(I)c2)cc1. The first-order valence-corrected chi connectivity index (χ1v) is 10.9. The van der Waals surface area contributed by atoms with Crippen molar-refractivity contribution in [1.29, 1.82) is 0 Å². The molecule has 0 saturated carbocycles. The topological polar surface area (TPSA) is 0 Å². The van der Waals surface area contributed by atoms with E-state index < -0.39 is 0 Å². The van der Waals surface area contributed by atoms with Crippen LogP contribution in [0.2, 0.25) is 0 Å². The van der Waals surface area contributed by atoms with Gasteiger partial charge in [-0.2, -0.15) is 0 Å². The van der Waals surface area contributed by atoms with Gasteiger partial charge in [-0.1, -0.05) is 37.3 Å². The molecule has 1 unspecified atom stereocenters. The number of hydrogen-bond donors (Lipinski definition) is 0. The van der Waals surface area contributed by atoms with Crippen LogP contribution in [0.1, 0.15) is 12.5 Å². The lowest BCUT2D eigenvalue weighted by Crippen LogP contribution is -2.05. The zero-order chi connectivity index (χ0) is 16.2. The summed E-state index contributed by atoms with van der Waals surface area (Å²) in [5, 5.41) is 0. The van der Waals surface area contributed by atoms with Crippen molar-refractivity contribution in [2.24, 2.45) is 0 Å². The molecule has 0 spiro atoms. The Bertz CT molecular complexity index is 782. The number of rotatable bonds is 4. The summed E-state index contributed by atoms with van der Waals surface area (Å²) in [5.74, 6) is 0. The van der Waals surface area contributed by atoms with Gasteiger partial charge in [-0.05, 0) is 93.6 Å². The molecule has 3 aromatic rings. The van der Waals surface area contributed by atoms with Crippen molar-refractivity contribution in [3.8, 4) is 0 Å². The first kappa shape index (κ1) is 17.3. The van der Waals surface area contributed by atoms with E-state index in [4.69, 9.17) is 0 Å². The zero-order valence-corrected chi connectivity index (χ0v) is 17.9. The molecule has 0 aromatic heterocycles. The first-order chi connectivity index (χ1) is 11.2. The number of halogens is 2. The van der Waals surface area contributed by atoms with E-state index in [1.807, 2.05) is 0 Å². The van der Waals surface area contributed by atoms with E-state index in [2.05, 4.69) is 125 Å². The monoisotopic (exact) mass is 543 g/mol. The van der Waals surface area contributed by atoms with Crippen LogP contribution >= 0.6 is 45.2 Å². The highest BCUT2D eigenvalue weighted by Crippen LogP contribution is 2.33. The number of hydrogen-bond acceptors (Lipinski definition) is 0. The minimum absolute atomic E-state index is 0.0516. The normalized spacial score (nSPS) is 12.1. The van der Waals surface area contributed by atoms with Crippen LogP contribution in [0, 0.1) is 7.14 Å². The molecule has 0 bridgehead atoms. The van der Waals surface area contributed by atoms with Crippen molar-refractivity contribution in [3.63, 3.8) is 0 Å². The highest BCUT2D eigenvalue weighted by molar-refractivity contribution is 14.1. The average Bonchev–Trinajstić information content (AvgIpc) is 2.60. The Balaban J connectivity index is 2.11. The summed E-state index contributed by atoms with van der Waals surface area (Å²) in [6, 6.07) is 26.7. The molecule has 0 heterocycles. The van der Waals surface area contributed by atoms with Crippen LogP contribution in [-0.2, 0) is 17.3 Å². The van der Waals surface area contributed by atoms with Gasteiger partial charge in [0.2, 0.25) is 0 Å². The molecule has 0 aliphatic rings. The first-order valence-electron chi connectivity index (χ1n) is 7.52. The van der Waals surface area contributed by atoms with Crippen molar-refractivity contribution >= 4 is 56.1 Å². The van der Waals surface area contributed by atoms with Crippen LogP contribution in [0.4, 0.5) is 0 Å². The van der Waals surface area contributed by atoms with Crippen molar-refractivity contribution in [2.75, 3.05) is 0 Å². The van der Waals surface area contributed by atoms with E-state index in [9.17, 15) is 0 Å². The molecule has 0 aliphatic carbocycles. The van der Waals surface area contributed by atoms with Gasteiger partial charge in [0.15, 0.2) is 14.7 Å². The second-order valence-corrected chi connectivity index (χ2v) is 9.54. The van der Waals surface area contributed by atoms with Gasteiger partial charge in [-0.3, -0.25) is 0 Å². The van der Waals surface area contributed by atoms with E-state index >= 15 is 0 Å². The Kier molecular flexibility index (Phi) is 6.04. The summed E-state index contributed by atoms with van der Waals surface area (Å²) in [6.07, 6.45) is 1.08. The maximum Gasteiger partial charge on any atom is 0.167 e. The van der Waals surface area contributed by atoms with E-state index in [0.717, 1.165) is 6.42 Å². The van der Waals surface area contributed by atoms with Gasteiger partial charge >= 0.3 is 0 Å². The Morgan fingerprint density at radius 1 is 0.696 bits per heavy atom. The van der Waals surface area contributed by atoms with Crippen LogP contribution in [0.5, 0.6) is 0 Å². The minimum Gasteiger partial charge on any atom is -0.0619 e. The average molecular weight is 543 g/mol. The van der Waals surface area contributed by atoms with Crippen LogP contribution in [0.25, 0.3) is 0 Å². The largest absolute Gasteiger partial charge is 0.167 e. The molecule has 3 aromatic carbocycles. The van der Waals surface area contributed by atoms with Gasteiger partial charge in [0.1, 0.15) is 0 Å². The highest BCUT2D eigenvalue weighted by Gasteiger charge is 2.28. The fraction of sp³-hybridized carbons (Fsp3) is 0.100. The Hall–Kier alpha value is -0.530. The van der Waals surface area contributed by atoms with E-state index in [1.165, 1.54) is 27.4 Å². The van der Waals surface area contributed by atoms with Gasteiger partial charge < -0.3 is 0 Å². The zero-order valence-electron chi connectivity index (χ0n) is 12.8. The molecule has 0 radical (unpaired) electrons. The van der Waals surface area contributed by atoms with Gasteiger partial charge in [-0.25, -0.2) is 0 Å². The molecule has 116 valence electrons.